The van der Waals surface area contributed by atoms with Crippen molar-refractivity contribution in [3.63, 3.8) is 0 Å². The highest BCUT2D eigenvalue weighted by molar-refractivity contribution is 7.13. The second-order valence-corrected chi connectivity index (χ2v) is 7.87. The second kappa shape index (κ2) is 10.2. The van der Waals surface area contributed by atoms with Crippen molar-refractivity contribution in [3.05, 3.63) is 41.2 Å². The lowest BCUT2D eigenvalue weighted by molar-refractivity contribution is -0.121. The normalized spacial score (nSPS) is 12.0. The third-order valence-electron chi connectivity index (χ3n) is 4.42. The molecule has 30 heavy (non-hydrogen) atoms. The molecular formula is C21H27N5O3S. The number of rotatable bonds is 10. The average Bonchev–Trinajstić information content (AvgIpc) is 3.39. The smallest absolute Gasteiger partial charge is 0.226 e. The quantitative estimate of drug-likeness (QED) is 0.508. The molecule has 1 amide bonds. The van der Waals surface area contributed by atoms with Crippen LogP contribution in [0.15, 0.2) is 29.9 Å². The number of ether oxygens (including phenoxy) is 2. The van der Waals surface area contributed by atoms with Crippen molar-refractivity contribution in [2.45, 2.75) is 40.2 Å². The first-order chi connectivity index (χ1) is 14.5. The second-order valence-electron chi connectivity index (χ2n) is 7.02. The zero-order chi connectivity index (χ0) is 21.5. The molecule has 1 atom stereocenters. The van der Waals surface area contributed by atoms with Crippen LogP contribution in [0.3, 0.4) is 0 Å². The average molecular weight is 430 g/mol. The molecule has 3 rings (SSSR count). The number of nitrogens with one attached hydrogen (secondary N) is 2. The van der Waals surface area contributed by atoms with Crippen LogP contribution in [0.4, 0.5) is 0 Å². The number of H-pyrrole nitrogens is 1. The van der Waals surface area contributed by atoms with Crippen LogP contribution in [0.2, 0.25) is 0 Å². The van der Waals surface area contributed by atoms with Crippen molar-refractivity contribution in [1.82, 2.24) is 25.5 Å². The van der Waals surface area contributed by atoms with Crippen LogP contribution in [0.1, 0.15) is 45.0 Å². The van der Waals surface area contributed by atoms with Crippen molar-refractivity contribution in [1.29, 1.82) is 0 Å². The van der Waals surface area contributed by atoms with E-state index < -0.39 is 0 Å². The topological polar surface area (TPSA) is 102 Å². The molecule has 2 aromatic heterocycles. The minimum Gasteiger partial charge on any atom is -0.490 e. The van der Waals surface area contributed by atoms with Crippen LogP contribution in [0.25, 0.3) is 10.8 Å². The van der Waals surface area contributed by atoms with Gasteiger partial charge in [-0.15, -0.1) is 11.3 Å². The van der Waals surface area contributed by atoms with Gasteiger partial charge in [0.2, 0.25) is 5.91 Å². The lowest BCUT2D eigenvalue weighted by Gasteiger charge is -2.24. The van der Waals surface area contributed by atoms with E-state index in [-0.39, 0.29) is 24.3 Å². The minimum absolute atomic E-state index is 0.0880. The van der Waals surface area contributed by atoms with E-state index in [1.165, 1.54) is 17.7 Å². The third kappa shape index (κ3) is 5.35. The fraction of sp³-hybridized carbons (Fsp3) is 0.429. The first kappa shape index (κ1) is 21.8. The lowest BCUT2D eigenvalue weighted by atomic mass is 9.95. The minimum atomic E-state index is -0.153. The number of carbonyl (C=O) groups is 1. The SMILES string of the molecule is CCOc1ccc(C(NC(=O)Cc2csc(-c3ncn[nH]3)n2)C(C)C)cc1OCC. The summed E-state index contributed by atoms with van der Waals surface area (Å²) < 4.78 is 11.4. The number of benzene rings is 1. The highest BCUT2D eigenvalue weighted by atomic mass is 32.1. The maximum Gasteiger partial charge on any atom is 0.226 e. The van der Waals surface area contributed by atoms with E-state index in [0.717, 1.165) is 5.56 Å². The molecule has 9 heteroatoms. The molecule has 3 aromatic rings. The predicted octanol–water partition coefficient (Wildman–Crippen LogP) is 3.78. The molecular weight excluding hydrogens is 402 g/mol. The third-order valence-corrected chi connectivity index (χ3v) is 5.32. The first-order valence-electron chi connectivity index (χ1n) is 10.0. The largest absolute Gasteiger partial charge is 0.490 e. The number of amides is 1. The van der Waals surface area contributed by atoms with Crippen molar-refractivity contribution in [3.8, 4) is 22.3 Å². The number of carbonyl (C=O) groups excluding carboxylic acids is 1. The Bertz CT molecular complexity index is 955. The van der Waals surface area contributed by atoms with Crippen LogP contribution in [0.5, 0.6) is 11.5 Å². The van der Waals surface area contributed by atoms with Crippen molar-refractivity contribution >= 4 is 17.2 Å². The summed E-state index contributed by atoms with van der Waals surface area (Å²) >= 11 is 1.43. The number of hydrogen-bond acceptors (Lipinski definition) is 7. The van der Waals surface area contributed by atoms with Gasteiger partial charge in [-0.3, -0.25) is 9.89 Å². The summed E-state index contributed by atoms with van der Waals surface area (Å²) in [7, 11) is 0. The van der Waals surface area contributed by atoms with Gasteiger partial charge >= 0.3 is 0 Å². The number of hydrogen-bond donors (Lipinski definition) is 2. The van der Waals surface area contributed by atoms with Crippen LogP contribution < -0.4 is 14.8 Å². The molecule has 160 valence electrons. The Morgan fingerprint density at radius 3 is 2.63 bits per heavy atom. The van der Waals surface area contributed by atoms with Gasteiger partial charge in [0.1, 0.15) is 6.33 Å². The Morgan fingerprint density at radius 1 is 1.20 bits per heavy atom. The molecule has 0 aliphatic carbocycles. The van der Waals surface area contributed by atoms with Gasteiger partial charge in [-0.1, -0.05) is 19.9 Å². The van der Waals surface area contributed by atoms with Gasteiger partial charge in [0, 0.05) is 5.38 Å². The van der Waals surface area contributed by atoms with Crippen LogP contribution >= 0.6 is 11.3 Å². The Kier molecular flexibility index (Phi) is 7.40. The monoisotopic (exact) mass is 429 g/mol. The fourth-order valence-corrected chi connectivity index (χ4v) is 3.85. The van der Waals surface area contributed by atoms with E-state index in [1.807, 2.05) is 37.4 Å². The summed E-state index contributed by atoms with van der Waals surface area (Å²) in [5.74, 6) is 2.10. The molecule has 0 spiro atoms. The summed E-state index contributed by atoms with van der Waals surface area (Å²) in [6.07, 6.45) is 1.63. The van der Waals surface area contributed by atoms with E-state index in [2.05, 4.69) is 39.3 Å². The Morgan fingerprint density at radius 2 is 1.97 bits per heavy atom. The fourth-order valence-electron chi connectivity index (χ4n) is 3.09. The van der Waals surface area contributed by atoms with Gasteiger partial charge in [-0.05, 0) is 37.5 Å². The molecule has 1 aromatic carbocycles. The van der Waals surface area contributed by atoms with E-state index in [4.69, 9.17) is 9.47 Å². The van der Waals surface area contributed by atoms with Gasteiger partial charge in [-0.2, -0.15) is 5.10 Å². The van der Waals surface area contributed by atoms with E-state index in [0.29, 0.717) is 41.2 Å². The van der Waals surface area contributed by atoms with Crippen LogP contribution in [-0.4, -0.2) is 39.3 Å². The van der Waals surface area contributed by atoms with Crippen molar-refractivity contribution < 1.29 is 14.3 Å². The van der Waals surface area contributed by atoms with Gasteiger partial charge < -0.3 is 14.8 Å². The molecule has 0 radical (unpaired) electrons. The van der Waals surface area contributed by atoms with Gasteiger partial charge in [-0.25, -0.2) is 9.97 Å². The van der Waals surface area contributed by atoms with Gasteiger partial charge in [0.25, 0.3) is 0 Å². The summed E-state index contributed by atoms with van der Waals surface area (Å²) in [5, 5.41) is 12.3. The molecule has 0 aliphatic rings. The molecule has 1 unspecified atom stereocenters. The molecule has 2 N–H and O–H groups in total. The molecule has 8 nitrogen and oxygen atoms in total. The zero-order valence-electron chi connectivity index (χ0n) is 17.6. The number of thiazole rings is 1. The van der Waals surface area contributed by atoms with E-state index in [1.54, 1.807) is 0 Å². The van der Waals surface area contributed by atoms with Crippen LogP contribution in [-0.2, 0) is 11.2 Å². The van der Waals surface area contributed by atoms with Gasteiger partial charge in [0.15, 0.2) is 22.3 Å². The Labute approximate surface area is 180 Å². The molecule has 0 saturated heterocycles. The number of aromatic nitrogens is 4. The summed E-state index contributed by atoms with van der Waals surface area (Å²) in [4.78, 5) is 21.3. The standard InChI is InChI=1S/C21H27N5O3S/c1-5-28-16-8-7-14(9-17(16)29-6-2)19(13(3)4)25-18(27)10-15-11-30-21(24-15)20-22-12-23-26-20/h7-9,11-13,19H,5-6,10H2,1-4H3,(H,25,27)(H,22,23,26). The molecule has 0 bridgehead atoms. The summed E-state index contributed by atoms with van der Waals surface area (Å²) in [6, 6.07) is 5.67. The molecule has 0 saturated carbocycles. The lowest BCUT2D eigenvalue weighted by Crippen LogP contribution is -2.33. The molecule has 2 heterocycles. The van der Waals surface area contributed by atoms with Gasteiger partial charge in [0.05, 0.1) is 31.4 Å². The Hall–Kier alpha value is -2.94. The van der Waals surface area contributed by atoms with E-state index in [9.17, 15) is 4.79 Å². The number of aromatic amines is 1. The summed E-state index contributed by atoms with van der Waals surface area (Å²) in [5.41, 5.74) is 1.68. The highest BCUT2D eigenvalue weighted by Crippen LogP contribution is 2.33. The number of nitrogens with zero attached hydrogens (tertiary/aromatic N) is 3. The Balaban J connectivity index is 1.72. The maximum atomic E-state index is 12.7. The molecule has 0 aliphatic heterocycles. The van der Waals surface area contributed by atoms with Crippen molar-refractivity contribution in [2.75, 3.05) is 13.2 Å². The first-order valence-corrected chi connectivity index (χ1v) is 10.9. The maximum absolute atomic E-state index is 12.7. The van der Waals surface area contributed by atoms with Crippen LogP contribution in [0, 0.1) is 5.92 Å². The molecule has 0 fully saturated rings. The zero-order valence-corrected chi connectivity index (χ0v) is 18.5. The summed E-state index contributed by atoms with van der Waals surface area (Å²) in [6.45, 7) is 9.13. The predicted molar refractivity (Wildman–Crippen MR) is 116 cm³/mol. The highest BCUT2D eigenvalue weighted by Gasteiger charge is 2.21. The van der Waals surface area contributed by atoms with Crippen molar-refractivity contribution in [2.24, 2.45) is 5.92 Å². The van der Waals surface area contributed by atoms with E-state index >= 15 is 0 Å².